The van der Waals surface area contributed by atoms with Crippen LogP contribution in [0.2, 0.25) is 19.6 Å². The maximum atomic E-state index is 12.8. The van der Waals surface area contributed by atoms with Crippen LogP contribution >= 0.6 is 15.9 Å². The van der Waals surface area contributed by atoms with Gasteiger partial charge in [0, 0.05) is 16.7 Å². The normalized spacial score (nSPS) is 11.3. The average Bonchev–Trinajstić information content (AvgIpc) is 2.46. The van der Waals surface area contributed by atoms with E-state index in [1.807, 2.05) is 36.4 Å². The van der Waals surface area contributed by atoms with E-state index in [0.717, 1.165) is 26.5 Å². The highest BCUT2D eigenvalue weighted by atomic mass is 79.9. The highest BCUT2D eigenvalue weighted by Gasteiger charge is 2.25. The molecule has 0 spiro atoms. The fourth-order valence-electron chi connectivity index (χ4n) is 2.38. The molecule has 0 saturated carbocycles. The third kappa shape index (κ3) is 3.66. The van der Waals surface area contributed by atoms with Gasteiger partial charge in [-0.3, -0.25) is 4.79 Å². The summed E-state index contributed by atoms with van der Waals surface area (Å²) >= 11 is 3.53. The molecule has 0 fully saturated rings. The van der Waals surface area contributed by atoms with Crippen molar-refractivity contribution in [3.05, 3.63) is 58.1 Å². The second-order valence-electron chi connectivity index (χ2n) is 6.23. The first-order valence-electron chi connectivity index (χ1n) is 7.23. The Labute approximate surface area is 141 Å². The highest BCUT2D eigenvalue weighted by molar-refractivity contribution is 9.10. The number of nitrogens with two attached hydrogens (primary N) is 1. The molecule has 0 aliphatic carbocycles. The Hall–Kier alpha value is -1.43. The second kappa shape index (κ2) is 6.77. The molecule has 116 valence electrons. The summed E-state index contributed by atoms with van der Waals surface area (Å²) in [5.41, 5.74) is 8.17. The summed E-state index contributed by atoms with van der Waals surface area (Å²) in [4.78, 5) is 12.8. The lowest BCUT2D eigenvalue weighted by atomic mass is 10.1. The summed E-state index contributed by atoms with van der Waals surface area (Å²) in [5, 5.41) is 4.15. The van der Waals surface area contributed by atoms with Crippen LogP contribution in [0.15, 0.2) is 46.9 Å². The summed E-state index contributed by atoms with van der Waals surface area (Å²) in [6.07, 6.45) is 0. The predicted octanol–water partition coefficient (Wildman–Crippen LogP) is 3.71. The minimum absolute atomic E-state index is 0.0919. The molecule has 2 aromatic rings. The van der Waals surface area contributed by atoms with E-state index in [1.165, 1.54) is 0 Å². The number of hydrogen-bond acceptors (Lipinski definition) is 2. The van der Waals surface area contributed by atoms with Crippen molar-refractivity contribution in [2.24, 2.45) is 5.73 Å². The molecule has 0 aromatic heterocycles. The van der Waals surface area contributed by atoms with Crippen LogP contribution in [0.25, 0.3) is 0 Å². The molecule has 0 atom stereocenters. The summed E-state index contributed by atoms with van der Waals surface area (Å²) in [6, 6.07) is 13.6. The van der Waals surface area contributed by atoms with Crippen molar-refractivity contribution in [1.82, 2.24) is 0 Å². The largest absolute Gasteiger partial charge is 0.326 e. The summed E-state index contributed by atoms with van der Waals surface area (Å²) in [5.74, 6) is -0.0919. The zero-order valence-electron chi connectivity index (χ0n) is 13.1. The Bertz CT molecular complexity index is 695. The molecule has 2 aromatic carbocycles. The number of halogens is 1. The van der Waals surface area contributed by atoms with Crippen molar-refractivity contribution in [1.29, 1.82) is 0 Å². The topological polar surface area (TPSA) is 55.1 Å². The molecule has 0 heterocycles. The molecular weight excluding hydrogens is 356 g/mol. The summed E-state index contributed by atoms with van der Waals surface area (Å²) in [7, 11) is -1.63. The van der Waals surface area contributed by atoms with Crippen molar-refractivity contribution < 1.29 is 4.79 Å². The Balaban J connectivity index is 2.42. The molecule has 3 nitrogen and oxygen atoms in total. The molecule has 3 N–H and O–H groups in total. The Morgan fingerprint density at radius 3 is 2.45 bits per heavy atom. The number of amides is 1. The van der Waals surface area contributed by atoms with Crippen LogP contribution in [0.4, 0.5) is 5.69 Å². The van der Waals surface area contributed by atoms with Gasteiger partial charge in [0.1, 0.15) is 0 Å². The van der Waals surface area contributed by atoms with E-state index >= 15 is 0 Å². The molecular formula is C17H21BrN2OSi. The number of carbonyl (C=O) groups is 1. The van der Waals surface area contributed by atoms with Crippen LogP contribution < -0.4 is 16.2 Å². The first-order chi connectivity index (χ1) is 10.3. The minimum atomic E-state index is -1.63. The fraction of sp³-hybridized carbons (Fsp3) is 0.235. The molecule has 0 aliphatic heterocycles. The van der Waals surface area contributed by atoms with Gasteiger partial charge in [-0.1, -0.05) is 50.0 Å². The van der Waals surface area contributed by atoms with Gasteiger partial charge in [-0.25, -0.2) is 0 Å². The van der Waals surface area contributed by atoms with Crippen molar-refractivity contribution in [3.8, 4) is 0 Å². The van der Waals surface area contributed by atoms with Crippen LogP contribution in [0.3, 0.4) is 0 Å². The van der Waals surface area contributed by atoms with E-state index < -0.39 is 8.07 Å². The van der Waals surface area contributed by atoms with Gasteiger partial charge in [-0.15, -0.1) is 0 Å². The van der Waals surface area contributed by atoms with Crippen LogP contribution in [0, 0.1) is 0 Å². The molecule has 0 bridgehead atoms. The number of anilines is 1. The van der Waals surface area contributed by atoms with Gasteiger partial charge in [0.15, 0.2) is 0 Å². The highest BCUT2D eigenvalue weighted by Crippen LogP contribution is 2.21. The van der Waals surface area contributed by atoms with Crippen molar-refractivity contribution in [3.63, 3.8) is 0 Å². The average molecular weight is 377 g/mol. The standard InChI is InChI=1S/C17H21BrN2OSi/c1-22(2,3)15-10-6-8-13(18)16(15)17(21)20-14-9-5-4-7-12(14)11-19/h4-10H,11,19H2,1-3H3,(H,20,21). The number of nitrogens with one attached hydrogen (secondary N) is 1. The maximum Gasteiger partial charge on any atom is 0.256 e. The number of hydrogen-bond donors (Lipinski definition) is 2. The van der Waals surface area contributed by atoms with E-state index in [2.05, 4.69) is 47.0 Å². The fourth-order valence-corrected chi connectivity index (χ4v) is 4.71. The maximum absolute atomic E-state index is 12.8. The van der Waals surface area contributed by atoms with E-state index in [4.69, 9.17) is 5.73 Å². The lowest BCUT2D eigenvalue weighted by molar-refractivity contribution is 0.102. The lowest BCUT2D eigenvalue weighted by Gasteiger charge is -2.22. The molecule has 2 rings (SSSR count). The molecule has 0 radical (unpaired) electrons. The smallest absolute Gasteiger partial charge is 0.256 e. The van der Waals surface area contributed by atoms with Gasteiger partial charge in [0.25, 0.3) is 5.91 Å². The minimum Gasteiger partial charge on any atom is -0.326 e. The SMILES string of the molecule is C[Si](C)(C)c1cccc(Br)c1C(=O)Nc1ccccc1CN. The summed E-state index contributed by atoms with van der Waals surface area (Å²) in [6.45, 7) is 7.10. The number of carbonyl (C=O) groups excluding carboxylic acids is 1. The van der Waals surface area contributed by atoms with E-state index in [-0.39, 0.29) is 5.91 Å². The van der Waals surface area contributed by atoms with Gasteiger partial charge in [-0.2, -0.15) is 0 Å². The Morgan fingerprint density at radius 1 is 1.14 bits per heavy atom. The first kappa shape index (κ1) is 16.9. The zero-order chi connectivity index (χ0) is 16.3. The van der Waals surface area contributed by atoms with Crippen molar-refractivity contribution in [2.75, 3.05) is 5.32 Å². The van der Waals surface area contributed by atoms with Crippen LogP contribution in [-0.4, -0.2) is 14.0 Å². The molecule has 0 aliphatic rings. The molecule has 0 saturated heterocycles. The van der Waals surface area contributed by atoms with Gasteiger partial charge >= 0.3 is 0 Å². The van der Waals surface area contributed by atoms with Gasteiger partial charge in [0.2, 0.25) is 0 Å². The second-order valence-corrected chi connectivity index (χ2v) is 12.1. The summed E-state index contributed by atoms with van der Waals surface area (Å²) < 4.78 is 0.829. The number of rotatable bonds is 4. The van der Waals surface area contributed by atoms with E-state index in [1.54, 1.807) is 0 Å². The van der Waals surface area contributed by atoms with Gasteiger partial charge < -0.3 is 11.1 Å². The molecule has 0 unspecified atom stereocenters. The first-order valence-corrected chi connectivity index (χ1v) is 11.5. The quantitative estimate of drug-likeness (QED) is 0.799. The monoisotopic (exact) mass is 376 g/mol. The van der Waals surface area contributed by atoms with E-state index in [0.29, 0.717) is 6.54 Å². The number of benzene rings is 2. The van der Waals surface area contributed by atoms with Crippen molar-refractivity contribution in [2.45, 2.75) is 26.2 Å². The van der Waals surface area contributed by atoms with E-state index in [9.17, 15) is 4.79 Å². The molecule has 22 heavy (non-hydrogen) atoms. The van der Waals surface area contributed by atoms with Gasteiger partial charge in [0.05, 0.1) is 13.6 Å². The van der Waals surface area contributed by atoms with Crippen LogP contribution in [0.1, 0.15) is 15.9 Å². The zero-order valence-corrected chi connectivity index (χ0v) is 15.7. The lowest BCUT2D eigenvalue weighted by Crippen LogP contribution is -2.42. The van der Waals surface area contributed by atoms with Gasteiger partial charge in [-0.05, 0) is 38.8 Å². The van der Waals surface area contributed by atoms with Crippen LogP contribution in [0.5, 0.6) is 0 Å². The molecule has 5 heteroatoms. The third-order valence-electron chi connectivity index (χ3n) is 3.53. The van der Waals surface area contributed by atoms with Crippen LogP contribution in [-0.2, 0) is 6.54 Å². The predicted molar refractivity (Wildman–Crippen MR) is 99.4 cm³/mol. The Morgan fingerprint density at radius 2 is 1.82 bits per heavy atom. The molecule has 1 amide bonds. The Kier molecular flexibility index (Phi) is 5.21. The number of para-hydroxylation sites is 1. The third-order valence-corrected chi connectivity index (χ3v) is 6.23. The van der Waals surface area contributed by atoms with Crippen molar-refractivity contribution >= 4 is 40.8 Å².